The molecule has 2 rings (SSSR count). The van der Waals surface area contributed by atoms with E-state index in [0.29, 0.717) is 12.3 Å². The lowest BCUT2D eigenvalue weighted by molar-refractivity contribution is 0.417. The minimum Gasteiger partial charge on any atom is -0.446 e. The molecule has 0 aliphatic carbocycles. The number of halogens is 1. The maximum absolute atomic E-state index is 12.7. The summed E-state index contributed by atoms with van der Waals surface area (Å²) < 4.78 is 43.0. The van der Waals surface area contributed by atoms with Gasteiger partial charge in [-0.15, -0.1) is 0 Å². The van der Waals surface area contributed by atoms with Crippen LogP contribution in [0.15, 0.2) is 45.9 Å². The van der Waals surface area contributed by atoms with Crippen molar-refractivity contribution < 1.29 is 17.2 Å². The minimum absolute atomic E-state index is 0.133. The van der Waals surface area contributed by atoms with Gasteiger partial charge in [0.05, 0.1) is 6.54 Å². The fourth-order valence-corrected chi connectivity index (χ4v) is 2.12. The molecule has 0 bridgehead atoms. The smallest absolute Gasteiger partial charge is 0.273 e. The third-order valence-electron chi connectivity index (χ3n) is 2.48. The summed E-state index contributed by atoms with van der Waals surface area (Å²) in [6, 6.07) is 8.80. The quantitative estimate of drug-likeness (QED) is 0.880. The summed E-state index contributed by atoms with van der Waals surface area (Å²) in [6.45, 7) is 0.310. The Bertz CT molecular complexity index is 650. The molecule has 1 aromatic carbocycles. The molecule has 0 saturated carbocycles. The average Bonchev–Trinajstić information content (AvgIpc) is 2.88. The van der Waals surface area contributed by atoms with Gasteiger partial charge in [-0.05, 0) is 43.4 Å². The number of hydrogen-bond acceptors (Lipinski definition) is 4. The Morgan fingerprint density at radius 2 is 1.84 bits per heavy atom. The third kappa shape index (κ3) is 3.33. The van der Waals surface area contributed by atoms with E-state index in [0.717, 1.165) is 5.69 Å². The number of anilines is 1. The van der Waals surface area contributed by atoms with Crippen LogP contribution in [0.5, 0.6) is 0 Å². The van der Waals surface area contributed by atoms with Gasteiger partial charge in [0.15, 0.2) is 0 Å². The first-order valence-corrected chi connectivity index (χ1v) is 7.01. The van der Waals surface area contributed by atoms with Crippen molar-refractivity contribution in [3.05, 3.63) is 48.0 Å². The SMILES string of the molecule is CNS(=O)(=O)c1ccc(CNc2ccc(F)cc2)o1. The van der Waals surface area contributed by atoms with Crippen molar-refractivity contribution >= 4 is 15.7 Å². The molecule has 5 nitrogen and oxygen atoms in total. The largest absolute Gasteiger partial charge is 0.446 e. The molecule has 0 fully saturated rings. The van der Waals surface area contributed by atoms with Crippen LogP contribution in [0.4, 0.5) is 10.1 Å². The molecule has 0 amide bonds. The third-order valence-corrected chi connectivity index (χ3v) is 3.77. The Labute approximate surface area is 110 Å². The number of benzene rings is 1. The standard InChI is InChI=1S/C12H13FN2O3S/c1-14-19(16,17)12-7-6-11(18-12)8-15-10-4-2-9(13)3-5-10/h2-7,14-15H,8H2,1H3. The van der Waals surface area contributed by atoms with Crippen LogP contribution >= 0.6 is 0 Å². The number of rotatable bonds is 5. The van der Waals surface area contributed by atoms with Crippen LogP contribution < -0.4 is 10.0 Å². The monoisotopic (exact) mass is 284 g/mol. The van der Waals surface area contributed by atoms with Gasteiger partial charge in [-0.3, -0.25) is 0 Å². The molecule has 0 aliphatic rings. The summed E-state index contributed by atoms with van der Waals surface area (Å²) in [4.78, 5) is 0. The Balaban J connectivity index is 2.03. The second-order valence-electron chi connectivity index (χ2n) is 3.79. The number of nitrogens with one attached hydrogen (secondary N) is 2. The van der Waals surface area contributed by atoms with E-state index in [2.05, 4.69) is 10.0 Å². The average molecular weight is 284 g/mol. The first kappa shape index (κ1) is 13.6. The lowest BCUT2D eigenvalue weighted by Gasteiger charge is -2.03. The van der Waals surface area contributed by atoms with E-state index in [9.17, 15) is 12.8 Å². The van der Waals surface area contributed by atoms with E-state index in [1.54, 1.807) is 18.2 Å². The van der Waals surface area contributed by atoms with Gasteiger partial charge in [-0.1, -0.05) is 0 Å². The maximum atomic E-state index is 12.7. The van der Waals surface area contributed by atoms with Crippen LogP contribution in [0, 0.1) is 5.82 Å². The van der Waals surface area contributed by atoms with Crippen molar-refractivity contribution in [2.45, 2.75) is 11.6 Å². The first-order valence-electron chi connectivity index (χ1n) is 5.53. The van der Waals surface area contributed by atoms with Gasteiger partial charge in [-0.25, -0.2) is 17.5 Å². The van der Waals surface area contributed by atoms with Gasteiger partial charge in [0.2, 0.25) is 5.09 Å². The maximum Gasteiger partial charge on any atom is 0.273 e. The Hall–Kier alpha value is -1.86. The summed E-state index contributed by atoms with van der Waals surface area (Å²) in [5.41, 5.74) is 0.718. The predicted octanol–water partition coefficient (Wildman–Crippen LogP) is 1.94. The minimum atomic E-state index is -3.56. The number of furan rings is 1. The second-order valence-corrected chi connectivity index (χ2v) is 5.61. The van der Waals surface area contributed by atoms with Crippen LogP contribution in [-0.2, 0) is 16.6 Å². The normalized spacial score (nSPS) is 11.5. The topological polar surface area (TPSA) is 71.3 Å². The summed E-state index contributed by atoms with van der Waals surface area (Å²) in [5.74, 6) is 0.157. The fourth-order valence-electron chi connectivity index (χ4n) is 1.46. The van der Waals surface area contributed by atoms with Crippen LogP contribution in [0.3, 0.4) is 0 Å². The molecule has 7 heteroatoms. The highest BCUT2D eigenvalue weighted by Crippen LogP contribution is 2.15. The molecule has 0 spiro atoms. The molecule has 19 heavy (non-hydrogen) atoms. The van der Waals surface area contributed by atoms with Crippen molar-refractivity contribution in [1.29, 1.82) is 0 Å². The lowest BCUT2D eigenvalue weighted by atomic mass is 10.3. The van der Waals surface area contributed by atoms with Crippen LogP contribution in [0.25, 0.3) is 0 Å². The van der Waals surface area contributed by atoms with Gasteiger partial charge < -0.3 is 9.73 Å². The van der Waals surface area contributed by atoms with E-state index < -0.39 is 10.0 Å². The van der Waals surface area contributed by atoms with Crippen molar-refractivity contribution in [2.24, 2.45) is 0 Å². The summed E-state index contributed by atoms with van der Waals surface area (Å²) in [5, 5.41) is 2.86. The molecule has 2 N–H and O–H groups in total. The molecule has 1 aromatic heterocycles. The highest BCUT2D eigenvalue weighted by Gasteiger charge is 2.15. The first-order chi connectivity index (χ1) is 9.01. The predicted molar refractivity (Wildman–Crippen MR) is 68.7 cm³/mol. The summed E-state index contributed by atoms with van der Waals surface area (Å²) in [7, 11) is -2.25. The van der Waals surface area contributed by atoms with E-state index in [1.165, 1.54) is 25.2 Å². The van der Waals surface area contributed by atoms with E-state index in [-0.39, 0.29) is 10.9 Å². The van der Waals surface area contributed by atoms with Crippen molar-refractivity contribution in [2.75, 3.05) is 12.4 Å². The zero-order valence-corrected chi connectivity index (χ0v) is 11.0. The van der Waals surface area contributed by atoms with Crippen molar-refractivity contribution in [3.8, 4) is 0 Å². The number of hydrogen-bond donors (Lipinski definition) is 2. The highest BCUT2D eigenvalue weighted by molar-refractivity contribution is 7.89. The van der Waals surface area contributed by atoms with Gasteiger partial charge in [-0.2, -0.15) is 0 Å². The Morgan fingerprint density at radius 3 is 2.47 bits per heavy atom. The van der Waals surface area contributed by atoms with Gasteiger partial charge in [0.1, 0.15) is 11.6 Å². The fraction of sp³-hybridized carbons (Fsp3) is 0.167. The van der Waals surface area contributed by atoms with Gasteiger partial charge >= 0.3 is 0 Å². The van der Waals surface area contributed by atoms with Gasteiger partial charge in [0.25, 0.3) is 10.0 Å². The molecular formula is C12H13FN2O3S. The number of sulfonamides is 1. The molecule has 0 saturated heterocycles. The second kappa shape index (κ2) is 5.41. The summed E-state index contributed by atoms with van der Waals surface area (Å²) >= 11 is 0. The molecule has 0 atom stereocenters. The van der Waals surface area contributed by atoms with Gasteiger partial charge in [0, 0.05) is 5.69 Å². The van der Waals surface area contributed by atoms with Crippen molar-refractivity contribution in [1.82, 2.24) is 4.72 Å². The summed E-state index contributed by atoms with van der Waals surface area (Å²) in [6.07, 6.45) is 0. The molecule has 0 unspecified atom stereocenters. The van der Waals surface area contributed by atoms with E-state index in [4.69, 9.17) is 4.42 Å². The highest BCUT2D eigenvalue weighted by atomic mass is 32.2. The lowest BCUT2D eigenvalue weighted by Crippen LogP contribution is -2.17. The van der Waals surface area contributed by atoms with E-state index in [1.807, 2.05) is 0 Å². The van der Waals surface area contributed by atoms with Crippen LogP contribution in [0.2, 0.25) is 0 Å². The molecule has 0 aliphatic heterocycles. The molecule has 2 aromatic rings. The van der Waals surface area contributed by atoms with Crippen LogP contribution in [0.1, 0.15) is 5.76 Å². The molecule has 0 radical (unpaired) electrons. The Kier molecular flexibility index (Phi) is 3.87. The molecule has 102 valence electrons. The zero-order chi connectivity index (χ0) is 13.9. The molecular weight excluding hydrogens is 271 g/mol. The molecule has 1 heterocycles. The van der Waals surface area contributed by atoms with Crippen molar-refractivity contribution in [3.63, 3.8) is 0 Å². The van der Waals surface area contributed by atoms with E-state index >= 15 is 0 Å². The zero-order valence-electron chi connectivity index (χ0n) is 10.2. The van der Waals surface area contributed by atoms with Crippen LogP contribution in [-0.4, -0.2) is 15.5 Å². The Morgan fingerprint density at radius 1 is 1.16 bits per heavy atom.